The van der Waals surface area contributed by atoms with E-state index in [4.69, 9.17) is 16.3 Å². The first-order valence-electron chi connectivity index (χ1n) is 8.72. The van der Waals surface area contributed by atoms with Gasteiger partial charge in [0.15, 0.2) is 11.5 Å². The Balaban J connectivity index is 2.15. The molecule has 2 heterocycles. The summed E-state index contributed by atoms with van der Waals surface area (Å²) < 4.78 is 34.9. The van der Waals surface area contributed by atoms with Crippen LogP contribution < -0.4 is 15.5 Å². The van der Waals surface area contributed by atoms with Crippen LogP contribution in [0, 0.1) is 0 Å². The fraction of sp³-hybridized carbons (Fsp3) is 0.211. The van der Waals surface area contributed by atoms with Gasteiger partial charge < -0.3 is 9.72 Å². The number of benzene rings is 1. The van der Waals surface area contributed by atoms with E-state index in [2.05, 4.69) is 15.0 Å². The topological polar surface area (TPSA) is 67.9 Å². The zero-order valence-electron chi connectivity index (χ0n) is 15.9. The lowest BCUT2D eigenvalue weighted by Gasteiger charge is -2.18. The Morgan fingerprint density at radius 1 is 1.31 bits per heavy atom. The fourth-order valence-electron chi connectivity index (χ4n) is 2.52. The van der Waals surface area contributed by atoms with Gasteiger partial charge in [0.2, 0.25) is 5.75 Å². The second-order valence-electron chi connectivity index (χ2n) is 6.24. The number of ether oxygens (including phenoxy) is 1. The van der Waals surface area contributed by atoms with Gasteiger partial charge in [0.05, 0.1) is 0 Å². The number of H-pyrrole nitrogens is 1. The summed E-state index contributed by atoms with van der Waals surface area (Å²) in [5.74, 6) is -3.78. The highest BCUT2D eigenvalue weighted by Crippen LogP contribution is 2.37. The number of aromatic nitrogens is 3. The molecule has 0 saturated heterocycles. The van der Waals surface area contributed by atoms with E-state index in [0.717, 1.165) is 20.3 Å². The minimum absolute atomic E-state index is 0.0469. The molecule has 5 nitrogen and oxygen atoms in total. The van der Waals surface area contributed by atoms with E-state index < -0.39 is 29.3 Å². The van der Waals surface area contributed by atoms with Crippen LogP contribution in [0.15, 0.2) is 46.2 Å². The van der Waals surface area contributed by atoms with Crippen molar-refractivity contribution in [2.45, 2.75) is 24.2 Å². The summed E-state index contributed by atoms with van der Waals surface area (Å²) in [4.78, 5) is 24.2. The molecule has 0 atom stereocenters. The van der Waals surface area contributed by atoms with Gasteiger partial charge in [-0.1, -0.05) is 29.8 Å². The van der Waals surface area contributed by atoms with Crippen molar-refractivity contribution >= 4 is 38.8 Å². The summed E-state index contributed by atoms with van der Waals surface area (Å²) in [6.45, 7) is 1.31. The van der Waals surface area contributed by atoms with Gasteiger partial charge in [-0.05, 0) is 30.5 Å². The van der Waals surface area contributed by atoms with Gasteiger partial charge in [0.1, 0.15) is 11.4 Å². The molecule has 10 heteroatoms. The Labute approximate surface area is 178 Å². The van der Waals surface area contributed by atoms with Crippen molar-refractivity contribution in [3.8, 4) is 23.0 Å². The molecule has 1 N–H and O–H groups in total. The Hall–Kier alpha value is -2.23. The number of thioether (sulfide) groups is 1. The summed E-state index contributed by atoms with van der Waals surface area (Å²) in [6, 6.07) is 8.25. The molecule has 0 aliphatic carbocycles. The zero-order valence-corrected chi connectivity index (χ0v) is 19.5. The third-order valence-corrected chi connectivity index (χ3v) is 6.56. The van der Waals surface area contributed by atoms with Crippen LogP contribution in [0.1, 0.15) is 19.0 Å². The van der Waals surface area contributed by atoms with E-state index in [-0.39, 0.29) is 17.3 Å². The van der Waals surface area contributed by atoms with Crippen LogP contribution >= 0.6 is 23.4 Å². The van der Waals surface area contributed by atoms with E-state index in [9.17, 15) is 13.6 Å². The molecule has 0 fully saturated rings. The summed E-state index contributed by atoms with van der Waals surface area (Å²) in [5.41, 5.74) is -1.27. The quantitative estimate of drug-likeness (QED) is 0.457. The van der Waals surface area contributed by atoms with Crippen molar-refractivity contribution < 1.29 is 13.5 Å². The lowest BCUT2D eigenvalue weighted by molar-refractivity contribution is -0.0148. The number of nitrogens with zero attached hydrogens (tertiary/aromatic N) is 2. The molecule has 152 valence electrons. The van der Waals surface area contributed by atoms with Crippen LogP contribution in [-0.2, 0) is 5.92 Å². The Bertz CT molecular complexity index is 1110. The largest absolute Gasteiger partial charge is 0.449 e. The summed E-state index contributed by atoms with van der Waals surface area (Å²) >= 11 is 7.57. The molecule has 0 unspecified atom stereocenters. The molecule has 1 aromatic carbocycles. The van der Waals surface area contributed by atoms with Gasteiger partial charge in [-0.25, -0.2) is 4.98 Å². The molecule has 0 aliphatic rings. The fourth-order valence-corrected chi connectivity index (χ4v) is 3.42. The third kappa shape index (κ3) is 4.68. The van der Waals surface area contributed by atoms with Crippen molar-refractivity contribution in [2.75, 3.05) is 6.26 Å². The molecular weight excluding hydrogens is 436 g/mol. The van der Waals surface area contributed by atoms with Gasteiger partial charge in [-0.2, -0.15) is 8.78 Å². The van der Waals surface area contributed by atoms with Crippen molar-refractivity contribution in [3.63, 3.8) is 0 Å². The molecule has 29 heavy (non-hydrogen) atoms. The first kappa shape index (κ1) is 21.5. The van der Waals surface area contributed by atoms with Crippen molar-refractivity contribution in [2.24, 2.45) is 0 Å². The maximum atomic E-state index is 14.7. The Morgan fingerprint density at radius 2 is 2.07 bits per heavy atom. The van der Waals surface area contributed by atoms with Crippen LogP contribution in [0.4, 0.5) is 8.78 Å². The maximum Gasteiger partial charge on any atom is 0.294 e. The SMILES string of the molecule is CCC(F)(F)c1nc(-c2cc(SC)ccn2)[nH]c(=O)c1Oc1ccc([SiH3])c(Cl)c1. The Kier molecular flexibility index (Phi) is 6.40. The van der Waals surface area contributed by atoms with Gasteiger partial charge >= 0.3 is 0 Å². The average molecular weight is 454 g/mol. The van der Waals surface area contributed by atoms with Crippen LogP contribution in [0.2, 0.25) is 5.02 Å². The van der Waals surface area contributed by atoms with Crippen LogP contribution in [0.25, 0.3) is 11.5 Å². The lowest BCUT2D eigenvalue weighted by atomic mass is 10.1. The van der Waals surface area contributed by atoms with Gasteiger partial charge in [-0.15, -0.1) is 11.8 Å². The summed E-state index contributed by atoms with van der Waals surface area (Å²) in [5, 5.41) is 1.39. The lowest BCUT2D eigenvalue weighted by Crippen LogP contribution is -2.23. The van der Waals surface area contributed by atoms with Gasteiger partial charge in [0.25, 0.3) is 11.5 Å². The molecule has 0 amide bonds. The smallest absolute Gasteiger partial charge is 0.294 e. The third-order valence-electron chi connectivity index (χ3n) is 4.24. The number of halogens is 3. The van der Waals surface area contributed by atoms with Crippen LogP contribution in [0.5, 0.6) is 11.5 Å². The molecule has 3 aromatic rings. The molecule has 3 rings (SSSR count). The molecule has 2 aromatic heterocycles. The number of hydrogen-bond donors (Lipinski definition) is 1. The summed E-state index contributed by atoms with van der Waals surface area (Å²) in [7, 11) is 0.724. The molecule has 0 radical (unpaired) electrons. The highest BCUT2D eigenvalue weighted by atomic mass is 35.5. The van der Waals surface area contributed by atoms with Crippen LogP contribution in [-0.4, -0.2) is 31.5 Å². The van der Waals surface area contributed by atoms with E-state index >= 15 is 0 Å². The van der Waals surface area contributed by atoms with E-state index in [0.29, 0.717) is 5.02 Å². The molecule has 0 spiro atoms. The van der Waals surface area contributed by atoms with Crippen molar-refractivity contribution in [3.05, 3.63) is 57.6 Å². The molecule has 0 aliphatic heterocycles. The zero-order chi connectivity index (χ0) is 21.2. The minimum Gasteiger partial charge on any atom is -0.449 e. The second-order valence-corrected chi connectivity index (χ2v) is 8.61. The number of nitrogens with one attached hydrogen (secondary N) is 1. The Morgan fingerprint density at radius 3 is 2.72 bits per heavy atom. The van der Waals surface area contributed by atoms with Crippen molar-refractivity contribution in [1.29, 1.82) is 0 Å². The minimum atomic E-state index is -3.36. The predicted molar refractivity (Wildman–Crippen MR) is 115 cm³/mol. The number of rotatable bonds is 6. The van der Waals surface area contributed by atoms with E-state index in [1.54, 1.807) is 24.3 Å². The normalized spacial score (nSPS) is 11.6. The van der Waals surface area contributed by atoms with E-state index in [1.165, 1.54) is 30.9 Å². The number of aromatic amines is 1. The van der Waals surface area contributed by atoms with Crippen molar-refractivity contribution in [1.82, 2.24) is 15.0 Å². The predicted octanol–water partition coefficient (Wildman–Crippen LogP) is 3.49. The average Bonchev–Trinajstić information content (AvgIpc) is 2.71. The first-order chi connectivity index (χ1) is 13.7. The van der Waals surface area contributed by atoms with Gasteiger partial charge in [-0.3, -0.25) is 9.78 Å². The first-order valence-corrected chi connectivity index (χ1v) is 11.3. The number of pyridine rings is 1. The second kappa shape index (κ2) is 8.64. The standard InChI is InChI=1S/C19H18ClF2N3O2SSi/c1-3-19(21,22)16-15(27-10-4-5-14(29)12(20)8-10)18(26)25-17(24-16)13-9-11(28-2)6-7-23-13/h4-9H,3H2,1-2,29H3,(H,24,25,26). The molecule has 0 saturated carbocycles. The summed E-state index contributed by atoms with van der Waals surface area (Å²) in [6.07, 6.45) is 2.86. The van der Waals surface area contributed by atoms with E-state index in [1.807, 2.05) is 6.26 Å². The monoisotopic (exact) mass is 453 g/mol. The maximum absolute atomic E-state index is 14.7. The molecule has 0 bridgehead atoms. The highest BCUT2D eigenvalue weighted by molar-refractivity contribution is 7.98. The number of hydrogen-bond acceptors (Lipinski definition) is 5. The molecular formula is C19H18ClF2N3O2SSi. The highest BCUT2D eigenvalue weighted by Gasteiger charge is 2.37. The van der Waals surface area contributed by atoms with Crippen LogP contribution in [0.3, 0.4) is 0 Å². The number of alkyl halides is 2. The van der Waals surface area contributed by atoms with Gasteiger partial charge in [0, 0.05) is 32.8 Å².